The van der Waals surface area contributed by atoms with Gasteiger partial charge in [0.1, 0.15) is 5.82 Å². The van der Waals surface area contributed by atoms with E-state index in [1.807, 2.05) is 0 Å². The summed E-state index contributed by atoms with van der Waals surface area (Å²) in [7, 11) is 1.80. The van der Waals surface area contributed by atoms with Gasteiger partial charge < -0.3 is 9.80 Å². The zero-order valence-corrected chi connectivity index (χ0v) is 13.1. The van der Waals surface area contributed by atoms with Gasteiger partial charge in [0, 0.05) is 31.6 Å². The van der Waals surface area contributed by atoms with E-state index in [4.69, 9.17) is 11.6 Å². The van der Waals surface area contributed by atoms with E-state index in [1.54, 1.807) is 22.9 Å². The second-order valence-corrected chi connectivity index (χ2v) is 6.48. The first-order valence-electron chi connectivity index (χ1n) is 7.43. The third kappa shape index (κ3) is 2.82. The van der Waals surface area contributed by atoms with Crippen LogP contribution in [0.15, 0.2) is 18.2 Å². The van der Waals surface area contributed by atoms with Gasteiger partial charge in [0.2, 0.25) is 11.8 Å². The molecule has 2 atom stereocenters. The van der Waals surface area contributed by atoms with Gasteiger partial charge in [0.25, 0.3) is 0 Å². The number of benzene rings is 1. The van der Waals surface area contributed by atoms with Gasteiger partial charge in [-0.25, -0.2) is 4.39 Å². The third-order valence-electron chi connectivity index (χ3n) is 4.76. The molecule has 0 N–H and O–H groups in total. The molecule has 2 aliphatic heterocycles. The first-order valence-corrected chi connectivity index (χ1v) is 7.81. The molecule has 118 valence electrons. The summed E-state index contributed by atoms with van der Waals surface area (Å²) in [6.07, 6.45) is 1.60. The van der Waals surface area contributed by atoms with E-state index in [0.29, 0.717) is 31.0 Å². The topological polar surface area (TPSA) is 40.6 Å². The minimum atomic E-state index is -0.409. The fourth-order valence-corrected chi connectivity index (χ4v) is 3.61. The van der Waals surface area contributed by atoms with Gasteiger partial charge in [-0.1, -0.05) is 17.7 Å². The number of hydrogen-bond donors (Lipinski definition) is 0. The number of fused-ring (bicyclic) bond motifs is 1. The van der Waals surface area contributed by atoms with Crippen LogP contribution in [-0.2, 0) is 16.0 Å². The van der Waals surface area contributed by atoms with Crippen LogP contribution in [0.3, 0.4) is 0 Å². The largest absolute Gasteiger partial charge is 0.341 e. The molecule has 0 spiro atoms. The number of hydrogen-bond acceptors (Lipinski definition) is 2. The monoisotopic (exact) mass is 324 g/mol. The summed E-state index contributed by atoms with van der Waals surface area (Å²) in [5.41, 5.74) is 0.631. The Balaban J connectivity index is 1.67. The highest BCUT2D eigenvalue weighted by molar-refractivity contribution is 6.31. The van der Waals surface area contributed by atoms with Crippen molar-refractivity contribution in [2.45, 2.75) is 25.3 Å². The summed E-state index contributed by atoms with van der Waals surface area (Å²) in [5.74, 6) is 0.0784. The second-order valence-electron chi connectivity index (χ2n) is 6.08. The SMILES string of the molecule is CN1C(=O)C[C@H]2CCN(C(=O)Cc3ccc(F)cc3Cl)C[C@H]21. The lowest BCUT2D eigenvalue weighted by molar-refractivity contribution is -0.134. The predicted octanol–water partition coefficient (Wildman–Crippen LogP) is 2.10. The average Bonchev–Trinajstić information content (AvgIpc) is 2.77. The number of likely N-dealkylation sites (N-methyl/N-ethyl adjacent to an activating group) is 1. The quantitative estimate of drug-likeness (QED) is 0.836. The molecule has 0 saturated carbocycles. The van der Waals surface area contributed by atoms with E-state index in [2.05, 4.69) is 0 Å². The van der Waals surface area contributed by atoms with Crippen LogP contribution in [0.5, 0.6) is 0 Å². The highest BCUT2D eigenvalue weighted by atomic mass is 35.5. The maximum atomic E-state index is 13.0. The Kier molecular flexibility index (Phi) is 4.08. The Labute approximate surface area is 133 Å². The lowest BCUT2D eigenvalue weighted by atomic mass is 9.92. The van der Waals surface area contributed by atoms with E-state index < -0.39 is 5.82 Å². The molecule has 2 fully saturated rings. The number of carbonyl (C=O) groups is 2. The molecular formula is C16H18ClFN2O2. The molecule has 6 heteroatoms. The summed E-state index contributed by atoms with van der Waals surface area (Å²) in [4.78, 5) is 27.8. The molecule has 2 saturated heterocycles. The van der Waals surface area contributed by atoms with Gasteiger partial charge in [-0.05, 0) is 30.0 Å². The molecule has 4 nitrogen and oxygen atoms in total. The van der Waals surface area contributed by atoms with Crippen molar-refractivity contribution in [3.05, 3.63) is 34.6 Å². The maximum Gasteiger partial charge on any atom is 0.227 e. The van der Waals surface area contributed by atoms with Crippen LogP contribution in [0, 0.1) is 11.7 Å². The smallest absolute Gasteiger partial charge is 0.227 e. The Morgan fingerprint density at radius 3 is 2.95 bits per heavy atom. The first kappa shape index (κ1) is 15.3. The molecule has 3 rings (SSSR count). The first-order chi connectivity index (χ1) is 10.5. The average molecular weight is 325 g/mol. The van der Waals surface area contributed by atoms with Crippen molar-refractivity contribution in [2.24, 2.45) is 5.92 Å². The minimum absolute atomic E-state index is 0.0280. The van der Waals surface area contributed by atoms with Crippen LogP contribution in [0.2, 0.25) is 5.02 Å². The van der Waals surface area contributed by atoms with Crippen LogP contribution in [-0.4, -0.2) is 47.8 Å². The summed E-state index contributed by atoms with van der Waals surface area (Å²) >= 11 is 5.98. The van der Waals surface area contributed by atoms with Crippen molar-refractivity contribution in [3.63, 3.8) is 0 Å². The van der Waals surface area contributed by atoms with E-state index in [1.165, 1.54) is 12.1 Å². The molecule has 2 heterocycles. The number of likely N-dealkylation sites (tertiary alicyclic amines) is 2. The van der Waals surface area contributed by atoms with Gasteiger partial charge in [0.15, 0.2) is 0 Å². The minimum Gasteiger partial charge on any atom is -0.341 e. The van der Waals surface area contributed by atoms with Crippen molar-refractivity contribution in [2.75, 3.05) is 20.1 Å². The number of carbonyl (C=O) groups excluding carboxylic acids is 2. The molecule has 0 bridgehead atoms. The Morgan fingerprint density at radius 1 is 1.45 bits per heavy atom. The van der Waals surface area contributed by atoms with Crippen molar-refractivity contribution in [1.29, 1.82) is 0 Å². The van der Waals surface area contributed by atoms with E-state index in [-0.39, 0.29) is 29.3 Å². The molecule has 0 aliphatic carbocycles. The number of rotatable bonds is 2. The van der Waals surface area contributed by atoms with E-state index >= 15 is 0 Å². The van der Waals surface area contributed by atoms with Crippen molar-refractivity contribution < 1.29 is 14.0 Å². The Bertz CT molecular complexity index is 622. The predicted molar refractivity (Wildman–Crippen MR) is 81.0 cm³/mol. The number of piperidine rings is 1. The molecular weight excluding hydrogens is 307 g/mol. The zero-order valence-electron chi connectivity index (χ0n) is 12.4. The van der Waals surface area contributed by atoms with Crippen molar-refractivity contribution in [1.82, 2.24) is 9.80 Å². The molecule has 0 radical (unpaired) electrons. The lowest BCUT2D eigenvalue weighted by Crippen LogP contribution is -2.49. The maximum absolute atomic E-state index is 13.0. The van der Waals surface area contributed by atoms with Gasteiger partial charge in [0.05, 0.1) is 12.5 Å². The number of amides is 2. The van der Waals surface area contributed by atoms with Gasteiger partial charge in [-0.2, -0.15) is 0 Å². The van der Waals surface area contributed by atoms with Gasteiger partial charge >= 0.3 is 0 Å². The molecule has 2 aliphatic rings. The van der Waals surface area contributed by atoms with Crippen molar-refractivity contribution in [3.8, 4) is 0 Å². The molecule has 2 amide bonds. The van der Waals surface area contributed by atoms with Crippen LogP contribution >= 0.6 is 11.6 Å². The van der Waals surface area contributed by atoms with E-state index in [9.17, 15) is 14.0 Å². The normalized spacial score (nSPS) is 24.6. The molecule has 0 unspecified atom stereocenters. The summed E-state index contributed by atoms with van der Waals surface area (Å²) in [6, 6.07) is 4.20. The van der Waals surface area contributed by atoms with E-state index in [0.717, 1.165) is 6.42 Å². The zero-order chi connectivity index (χ0) is 15.9. The van der Waals surface area contributed by atoms with Crippen LogP contribution in [0.25, 0.3) is 0 Å². The van der Waals surface area contributed by atoms with Crippen LogP contribution in [0.4, 0.5) is 4.39 Å². The Morgan fingerprint density at radius 2 is 2.23 bits per heavy atom. The second kappa shape index (κ2) is 5.88. The molecule has 1 aromatic carbocycles. The fourth-order valence-electron chi connectivity index (χ4n) is 3.38. The third-order valence-corrected chi connectivity index (χ3v) is 5.11. The summed E-state index contributed by atoms with van der Waals surface area (Å²) in [5, 5.41) is 0.274. The standard InChI is InChI=1S/C16H18ClFN2O2/c1-19-14-9-20(5-4-11(14)7-15(19)21)16(22)6-10-2-3-12(18)8-13(10)17/h2-3,8,11,14H,4-7,9H2,1H3/t11-,14-/m1/s1. The number of nitrogens with zero attached hydrogens (tertiary/aromatic N) is 2. The Hall–Kier alpha value is -1.62. The van der Waals surface area contributed by atoms with Gasteiger partial charge in [-0.15, -0.1) is 0 Å². The van der Waals surface area contributed by atoms with Gasteiger partial charge in [-0.3, -0.25) is 9.59 Å². The fraction of sp³-hybridized carbons (Fsp3) is 0.500. The van der Waals surface area contributed by atoms with Crippen molar-refractivity contribution >= 4 is 23.4 Å². The number of halogens is 2. The molecule has 1 aromatic rings. The lowest BCUT2D eigenvalue weighted by Gasteiger charge is -2.37. The summed E-state index contributed by atoms with van der Waals surface area (Å²) in [6.45, 7) is 1.24. The molecule has 0 aromatic heterocycles. The summed E-state index contributed by atoms with van der Waals surface area (Å²) < 4.78 is 13.0. The van der Waals surface area contributed by atoms with Crippen LogP contribution < -0.4 is 0 Å². The van der Waals surface area contributed by atoms with Crippen LogP contribution in [0.1, 0.15) is 18.4 Å². The highest BCUT2D eigenvalue weighted by Crippen LogP contribution is 2.31. The highest BCUT2D eigenvalue weighted by Gasteiger charge is 2.41. The molecule has 22 heavy (non-hydrogen) atoms.